The number of hydrogen-bond donors (Lipinski definition) is 1. The van der Waals surface area contributed by atoms with E-state index < -0.39 is 0 Å². The van der Waals surface area contributed by atoms with E-state index >= 15 is 0 Å². The Bertz CT molecular complexity index is 458. The smallest absolute Gasteiger partial charge is 0.260 e. The fraction of sp³-hybridized carbons (Fsp3) is 0.500. The molecule has 0 aromatic heterocycles. The first kappa shape index (κ1) is 14.6. The van der Waals surface area contributed by atoms with Crippen molar-refractivity contribution in [3.05, 3.63) is 23.8 Å². The van der Waals surface area contributed by atoms with Gasteiger partial charge < -0.3 is 24.8 Å². The van der Waals surface area contributed by atoms with E-state index in [1.807, 2.05) is 6.07 Å². The fourth-order valence-electron chi connectivity index (χ4n) is 2.00. The van der Waals surface area contributed by atoms with Gasteiger partial charge in [0, 0.05) is 19.6 Å². The summed E-state index contributed by atoms with van der Waals surface area (Å²) in [6.07, 6.45) is 0. The molecule has 0 unspecified atom stereocenters. The highest BCUT2D eigenvalue weighted by Gasteiger charge is 2.18. The average molecular weight is 280 g/mol. The van der Waals surface area contributed by atoms with Crippen LogP contribution in [0.1, 0.15) is 5.56 Å². The topological polar surface area (TPSA) is 74.0 Å². The Balaban J connectivity index is 1.96. The van der Waals surface area contributed by atoms with E-state index in [-0.39, 0.29) is 12.5 Å². The van der Waals surface area contributed by atoms with Gasteiger partial charge in [-0.25, -0.2) is 0 Å². The standard InChI is InChI=1S/C14H20N2O4/c1-18-12-3-2-11(9-15)8-13(12)20-10-14(17)16-4-6-19-7-5-16/h2-3,8H,4-7,9-10,15H2,1H3. The molecule has 1 fully saturated rings. The van der Waals surface area contributed by atoms with Crippen LogP contribution in [0.4, 0.5) is 0 Å². The molecule has 0 spiro atoms. The quantitative estimate of drug-likeness (QED) is 0.844. The van der Waals surface area contributed by atoms with Crippen molar-refractivity contribution in [1.29, 1.82) is 0 Å². The number of nitrogens with two attached hydrogens (primary N) is 1. The second-order valence-corrected chi connectivity index (χ2v) is 4.47. The molecule has 1 aromatic rings. The Hall–Kier alpha value is -1.79. The maximum Gasteiger partial charge on any atom is 0.260 e. The maximum atomic E-state index is 12.0. The molecule has 1 amide bonds. The van der Waals surface area contributed by atoms with E-state index in [0.717, 1.165) is 5.56 Å². The van der Waals surface area contributed by atoms with E-state index in [4.69, 9.17) is 19.9 Å². The van der Waals surface area contributed by atoms with Crippen molar-refractivity contribution in [2.24, 2.45) is 5.73 Å². The normalized spacial score (nSPS) is 15.0. The average Bonchev–Trinajstić information content (AvgIpc) is 2.53. The van der Waals surface area contributed by atoms with E-state index in [9.17, 15) is 4.79 Å². The van der Waals surface area contributed by atoms with Gasteiger partial charge in [-0.3, -0.25) is 4.79 Å². The van der Waals surface area contributed by atoms with Crippen molar-refractivity contribution >= 4 is 5.91 Å². The first-order valence-electron chi connectivity index (χ1n) is 6.60. The monoisotopic (exact) mass is 280 g/mol. The van der Waals surface area contributed by atoms with Gasteiger partial charge in [-0.15, -0.1) is 0 Å². The number of rotatable bonds is 5. The molecule has 0 bridgehead atoms. The summed E-state index contributed by atoms with van der Waals surface area (Å²) in [4.78, 5) is 13.7. The molecular formula is C14H20N2O4. The molecule has 110 valence electrons. The Kier molecular flexibility index (Phi) is 5.20. The van der Waals surface area contributed by atoms with E-state index in [2.05, 4.69) is 0 Å². The molecule has 1 aliphatic rings. The van der Waals surface area contributed by atoms with Crippen LogP contribution in [-0.2, 0) is 16.1 Å². The van der Waals surface area contributed by atoms with Gasteiger partial charge in [0.2, 0.25) is 0 Å². The third-order valence-electron chi connectivity index (χ3n) is 3.18. The second kappa shape index (κ2) is 7.12. The number of methoxy groups -OCH3 is 1. The molecule has 6 heteroatoms. The Morgan fingerprint density at radius 2 is 2.10 bits per heavy atom. The van der Waals surface area contributed by atoms with Crippen LogP contribution in [0.15, 0.2) is 18.2 Å². The summed E-state index contributed by atoms with van der Waals surface area (Å²) < 4.78 is 16.0. The number of nitrogens with zero attached hydrogens (tertiary/aromatic N) is 1. The van der Waals surface area contributed by atoms with Crippen LogP contribution < -0.4 is 15.2 Å². The van der Waals surface area contributed by atoms with E-state index in [0.29, 0.717) is 44.3 Å². The van der Waals surface area contributed by atoms with Gasteiger partial charge in [0.15, 0.2) is 18.1 Å². The van der Waals surface area contributed by atoms with Gasteiger partial charge in [-0.2, -0.15) is 0 Å². The number of carbonyl (C=O) groups is 1. The number of morpholine rings is 1. The number of benzene rings is 1. The van der Waals surface area contributed by atoms with Crippen LogP contribution in [0.25, 0.3) is 0 Å². The molecule has 1 aromatic carbocycles. The molecule has 0 saturated carbocycles. The van der Waals surface area contributed by atoms with Gasteiger partial charge in [-0.1, -0.05) is 6.07 Å². The lowest BCUT2D eigenvalue weighted by Gasteiger charge is -2.26. The summed E-state index contributed by atoms with van der Waals surface area (Å²) in [5.74, 6) is 1.09. The molecule has 0 atom stereocenters. The minimum Gasteiger partial charge on any atom is -0.493 e. The number of ether oxygens (including phenoxy) is 3. The third kappa shape index (κ3) is 3.61. The van der Waals surface area contributed by atoms with Gasteiger partial charge in [0.1, 0.15) is 0 Å². The number of amides is 1. The minimum absolute atomic E-state index is 0.00954. The zero-order valence-electron chi connectivity index (χ0n) is 11.6. The Morgan fingerprint density at radius 3 is 2.75 bits per heavy atom. The highest BCUT2D eigenvalue weighted by molar-refractivity contribution is 5.78. The lowest BCUT2D eigenvalue weighted by atomic mass is 10.2. The zero-order chi connectivity index (χ0) is 14.4. The van der Waals surface area contributed by atoms with Crippen LogP contribution in [0.3, 0.4) is 0 Å². The van der Waals surface area contributed by atoms with E-state index in [1.165, 1.54) is 0 Å². The SMILES string of the molecule is COc1ccc(CN)cc1OCC(=O)N1CCOCC1. The summed E-state index contributed by atoms with van der Waals surface area (Å²) in [6.45, 7) is 2.79. The van der Waals surface area contributed by atoms with E-state index in [1.54, 1.807) is 24.1 Å². The molecule has 2 N–H and O–H groups in total. The molecule has 1 saturated heterocycles. The van der Waals surface area contributed by atoms with Crippen LogP contribution in [0, 0.1) is 0 Å². The van der Waals surface area contributed by atoms with Crippen LogP contribution in [0.5, 0.6) is 11.5 Å². The van der Waals surface area contributed by atoms with Crippen molar-refractivity contribution in [3.8, 4) is 11.5 Å². The molecule has 0 aliphatic carbocycles. The lowest BCUT2D eigenvalue weighted by molar-refractivity contribution is -0.137. The summed E-state index contributed by atoms with van der Waals surface area (Å²) in [7, 11) is 1.56. The highest BCUT2D eigenvalue weighted by Crippen LogP contribution is 2.27. The third-order valence-corrected chi connectivity index (χ3v) is 3.18. The first-order valence-corrected chi connectivity index (χ1v) is 6.60. The highest BCUT2D eigenvalue weighted by atomic mass is 16.5. The maximum absolute atomic E-state index is 12.0. The second-order valence-electron chi connectivity index (χ2n) is 4.47. The number of hydrogen-bond acceptors (Lipinski definition) is 5. The van der Waals surface area contributed by atoms with Gasteiger partial charge in [0.25, 0.3) is 5.91 Å². The van der Waals surface area contributed by atoms with Crippen molar-refractivity contribution in [2.45, 2.75) is 6.54 Å². The van der Waals surface area contributed by atoms with Crippen molar-refractivity contribution < 1.29 is 19.0 Å². The van der Waals surface area contributed by atoms with Crippen molar-refractivity contribution in [1.82, 2.24) is 4.90 Å². The van der Waals surface area contributed by atoms with Crippen LogP contribution in [0.2, 0.25) is 0 Å². The molecule has 1 heterocycles. The predicted octanol–water partition coefficient (Wildman–Crippen LogP) is 0.391. The first-order chi connectivity index (χ1) is 9.74. The summed E-state index contributed by atoms with van der Waals surface area (Å²) in [5, 5.41) is 0. The van der Waals surface area contributed by atoms with Crippen LogP contribution in [-0.4, -0.2) is 50.8 Å². The molecule has 20 heavy (non-hydrogen) atoms. The van der Waals surface area contributed by atoms with Gasteiger partial charge in [-0.05, 0) is 17.7 Å². The van der Waals surface area contributed by atoms with Crippen molar-refractivity contribution in [3.63, 3.8) is 0 Å². The van der Waals surface area contributed by atoms with Gasteiger partial charge >= 0.3 is 0 Å². The summed E-state index contributed by atoms with van der Waals surface area (Å²) in [6, 6.07) is 5.46. The summed E-state index contributed by atoms with van der Waals surface area (Å²) in [5.41, 5.74) is 6.53. The van der Waals surface area contributed by atoms with Crippen LogP contribution >= 0.6 is 0 Å². The largest absolute Gasteiger partial charge is 0.493 e. The lowest BCUT2D eigenvalue weighted by Crippen LogP contribution is -2.43. The molecule has 6 nitrogen and oxygen atoms in total. The Labute approximate surface area is 118 Å². The minimum atomic E-state index is -0.0477. The molecular weight excluding hydrogens is 260 g/mol. The molecule has 2 rings (SSSR count). The van der Waals surface area contributed by atoms with Gasteiger partial charge in [0.05, 0.1) is 20.3 Å². The summed E-state index contributed by atoms with van der Waals surface area (Å²) >= 11 is 0. The van der Waals surface area contributed by atoms with Crippen molar-refractivity contribution in [2.75, 3.05) is 40.0 Å². The Morgan fingerprint density at radius 1 is 1.35 bits per heavy atom. The molecule has 1 aliphatic heterocycles. The fourth-order valence-corrected chi connectivity index (χ4v) is 2.00. The predicted molar refractivity (Wildman–Crippen MR) is 73.8 cm³/mol. The molecule has 0 radical (unpaired) electrons. The number of carbonyl (C=O) groups excluding carboxylic acids is 1. The zero-order valence-corrected chi connectivity index (χ0v) is 11.6.